The number of hydrogen-bond acceptors (Lipinski definition) is 6. The maximum atomic E-state index is 13.1. The summed E-state index contributed by atoms with van der Waals surface area (Å²) in [6.07, 6.45) is 3.07. The van der Waals surface area contributed by atoms with E-state index in [0.29, 0.717) is 16.7 Å². The highest BCUT2D eigenvalue weighted by Crippen LogP contribution is 2.46. The number of aromatic nitrogens is 3. The summed E-state index contributed by atoms with van der Waals surface area (Å²) >= 11 is 9.62. The monoisotopic (exact) mass is 453 g/mol. The van der Waals surface area contributed by atoms with Gasteiger partial charge in [-0.1, -0.05) is 0 Å². The van der Waals surface area contributed by atoms with Crippen molar-refractivity contribution in [1.82, 2.24) is 25.2 Å². The van der Waals surface area contributed by atoms with Crippen LogP contribution in [0.1, 0.15) is 39.3 Å². The van der Waals surface area contributed by atoms with Crippen molar-refractivity contribution in [1.29, 1.82) is 0 Å². The van der Waals surface area contributed by atoms with Gasteiger partial charge in [0.05, 0.1) is 11.2 Å². The molecule has 0 saturated carbocycles. The van der Waals surface area contributed by atoms with Crippen molar-refractivity contribution in [2.45, 2.75) is 50.8 Å². The first-order chi connectivity index (χ1) is 12.7. The quantitative estimate of drug-likeness (QED) is 0.523. The molecule has 4 heterocycles. The first kappa shape index (κ1) is 18.8. The highest BCUT2D eigenvalue weighted by atomic mass is 79.9. The van der Waals surface area contributed by atoms with Gasteiger partial charge in [-0.05, 0) is 67.2 Å². The molecule has 7 nitrogen and oxygen atoms in total. The highest BCUT2D eigenvalue weighted by molar-refractivity contribution is 9.10. The minimum atomic E-state index is -0.633. The van der Waals surface area contributed by atoms with Crippen LogP contribution in [0.5, 0.6) is 0 Å². The molecule has 27 heavy (non-hydrogen) atoms. The van der Waals surface area contributed by atoms with Crippen LogP contribution in [0.25, 0.3) is 10.9 Å². The molecule has 1 amide bonds. The average molecular weight is 455 g/mol. The lowest BCUT2D eigenvalue weighted by Crippen LogP contribution is -2.61. The molecule has 4 rings (SSSR count). The van der Waals surface area contributed by atoms with Gasteiger partial charge in [-0.2, -0.15) is 0 Å². The van der Waals surface area contributed by atoms with E-state index in [1.807, 2.05) is 31.7 Å². The molecule has 0 radical (unpaired) electrons. The van der Waals surface area contributed by atoms with E-state index in [1.165, 1.54) is 0 Å². The summed E-state index contributed by atoms with van der Waals surface area (Å²) in [4.78, 5) is 28.2. The number of carbonyl (C=O) groups is 1. The number of carbonyl (C=O) groups excluding carboxylic acids is 1. The zero-order valence-corrected chi connectivity index (χ0v) is 17.8. The van der Waals surface area contributed by atoms with Crippen molar-refractivity contribution in [2.75, 3.05) is 13.1 Å². The number of fused-ring (bicyclic) bond motifs is 3. The van der Waals surface area contributed by atoms with Gasteiger partial charge in [-0.3, -0.25) is 4.90 Å². The Bertz CT molecular complexity index is 909. The molecular weight excluding hydrogens is 434 g/mol. The topological polar surface area (TPSA) is 80.2 Å². The standard InChI is InChI=1S/C18H21BrClN5O2/c1-17(2,3)27-16(26)25-10-4-5-18(25,9-21-7-10)14-11-8-22-13(19)6-12(11)23-15(20)24-14/h6,8,10,21H,4-5,7,9H2,1-3H3. The lowest BCUT2D eigenvalue weighted by Gasteiger charge is -2.45. The summed E-state index contributed by atoms with van der Waals surface area (Å²) in [5, 5.41) is 4.39. The molecule has 2 bridgehead atoms. The third-order valence-corrected chi connectivity index (χ3v) is 5.67. The maximum absolute atomic E-state index is 13.1. The molecule has 0 aliphatic carbocycles. The Labute approximate surface area is 171 Å². The molecule has 2 saturated heterocycles. The number of amides is 1. The molecule has 0 aromatic carbocycles. The van der Waals surface area contributed by atoms with Crippen molar-refractivity contribution in [3.05, 3.63) is 27.8 Å². The van der Waals surface area contributed by atoms with Gasteiger partial charge in [0.25, 0.3) is 0 Å². The zero-order valence-electron chi connectivity index (χ0n) is 15.4. The van der Waals surface area contributed by atoms with Gasteiger partial charge < -0.3 is 10.1 Å². The number of nitrogens with zero attached hydrogens (tertiary/aromatic N) is 4. The Balaban J connectivity index is 1.88. The van der Waals surface area contributed by atoms with Crippen LogP contribution in [0.15, 0.2) is 16.9 Å². The fourth-order valence-corrected chi connectivity index (χ4v) is 4.59. The van der Waals surface area contributed by atoms with Gasteiger partial charge in [-0.15, -0.1) is 0 Å². The number of ether oxygens (including phenoxy) is 1. The third kappa shape index (κ3) is 3.28. The number of halogens is 2. The molecule has 2 atom stereocenters. The van der Waals surface area contributed by atoms with E-state index in [1.54, 1.807) is 6.20 Å². The van der Waals surface area contributed by atoms with Crippen LogP contribution >= 0.6 is 27.5 Å². The Morgan fingerprint density at radius 3 is 2.96 bits per heavy atom. The number of pyridine rings is 1. The molecule has 2 aliphatic rings. The molecule has 2 aliphatic heterocycles. The largest absolute Gasteiger partial charge is 0.444 e. The van der Waals surface area contributed by atoms with Crippen molar-refractivity contribution < 1.29 is 9.53 Å². The van der Waals surface area contributed by atoms with E-state index in [4.69, 9.17) is 16.3 Å². The fourth-order valence-electron chi connectivity index (χ4n) is 4.09. The van der Waals surface area contributed by atoms with Crippen LogP contribution in [0.4, 0.5) is 4.79 Å². The summed E-state index contributed by atoms with van der Waals surface area (Å²) in [6.45, 7) is 6.95. The van der Waals surface area contributed by atoms with Crippen LogP contribution < -0.4 is 5.32 Å². The first-order valence-corrected chi connectivity index (χ1v) is 10.1. The number of piperazine rings is 1. The van der Waals surface area contributed by atoms with E-state index in [-0.39, 0.29) is 17.4 Å². The van der Waals surface area contributed by atoms with Crippen LogP contribution in [0, 0.1) is 0 Å². The lowest BCUT2D eigenvalue weighted by molar-refractivity contribution is -0.0121. The summed E-state index contributed by atoms with van der Waals surface area (Å²) in [7, 11) is 0. The summed E-state index contributed by atoms with van der Waals surface area (Å²) in [5.41, 5.74) is 0.212. The molecule has 144 valence electrons. The summed E-state index contributed by atoms with van der Waals surface area (Å²) < 4.78 is 6.40. The number of rotatable bonds is 1. The predicted molar refractivity (Wildman–Crippen MR) is 106 cm³/mol. The van der Waals surface area contributed by atoms with Crippen LogP contribution in [0.2, 0.25) is 5.28 Å². The maximum Gasteiger partial charge on any atom is 0.411 e. The van der Waals surface area contributed by atoms with Gasteiger partial charge in [0.1, 0.15) is 15.7 Å². The van der Waals surface area contributed by atoms with E-state index < -0.39 is 11.1 Å². The van der Waals surface area contributed by atoms with Crippen LogP contribution in [-0.4, -0.2) is 50.7 Å². The van der Waals surface area contributed by atoms with Gasteiger partial charge in [0.15, 0.2) is 0 Å². The van der Waals surface area contributed by atoms with E-state index in [9.17, 15) is 4.79 Å². The van der Waals surface area contributed by atoms with Gasteiger partial charge in [0.2, 0.25) is 5.28 Å². The molecule has 2 aromatic heterocycles. The van der Waals surface area contributed by atoms with Crippen molar-refractivity contribution >= 4 is 44.5 Å². The zero-order chi connectivity index (χ0) is 19.4. The van der Waals surface area contributed by atoms with Crippen molar-refractivity contribution in [3.8, 4) is 0 Å². The van der Waals surface area contributed by atoms with Gasteiger partial charge in [-0.25, -0.2) is 19.7 Å². The SMILES string of the molecule is CC(C)(C)OC(=O)N1C2CCC1(c1nc(Cl)nc3cc(Br)ncc13)CNC2. The summed E-state index contributed by atoms with van der Waals surface area (Å²) in [6, 6.07) is 1.87. The van der Waals surface area contributed by atoms with E-state index >= 15 is 0 Å². The number of hydrogen-bond donors (Lipinski definition) is 1. The molecular formula is C18H21BrClN5O2. The Hall–Kier alpha value is -1.51. The lowest BCUT2D eigenvalue weighted by atomic mass is 9.89. The minimum absolute atomic E-state index is 0.0563. The average Bonchev–Trinajstić information content (AvgIpc) is 2.79. The summed E-state index contributed by atoms with van der Waals surface area (Å²) in [5.74, 6) is 0. The van der Waals surface area contributed by atoms with Crippen molar-refractivity contribution in [2.24, 2.45) is 0 Å². The first-order valence-electron chi connectivity index (χ1n) is 8.92. The third-order valence-electron chi connectivity index (χ3n) is 5.07. The molecule has 9 heteroatoms. The van der Waals surface area contributed by atoms with Gasteiger partial charge >= 0.3 is 6.09 Å². The number of nitrogens with one attached hydrogen (secondary N) is 1. The Kier molecular flexibility index (Phi) is 4.56. The van der Waals surface area contributed by atoms with E-state index in [0.717, 1.165) is 30.5 Å². The molecule has 2 unspecified atom stereocenters. The second kappa shape index (κ2) is 6.53. The highest BCUT2D eigenvalue weighted by Gasteiger charge is 2.55. The molecule has 1 N–H and O–H groups in total. The van der Waals surface area contributed by atoms with Crippen LogP contribution in [0.3, 0.4) is 0 Å². The minimum Gasteiger partial charge on any atom is -0.444 e. The van der Waals surface area contributed by atoms with E-state index in [2.05, 4.69) is 36.2 Å². The molecule has 0 spiro atoms. The van der Waals surface area contributed by atoms with Gasteiger partial charge in [0, 0.05) is 30.7 Å². The normalized spacial score (nSPS) is 25.1. The second-order valence-electron chi connectivity index (χ2n) is 8.07. The second-order valence-corrected chi connectivity index (χ2v) is 9.22. The Morgan fingerprint density at radius 1 is 1.44 bits per heavy atom. The smallest absolute Gasteiger partial charge is 0.411 e. The Morgan fingerprint density at radius 2 is 2.22 bits per heavy atom. The van der Waals surface area contributed by atoms with Crippen molar-refractivity contribution in [3.63, 3.8) is 0 Å². The molecule has 2 fully saturated rings. The van der Waals surface area contributed by atoms with Crippen LogP contribution in [-0.2, 0) is 10.3 Å². The predicted octanol–water partition coefficient (Wildman–Crippen LogP) is 3.64. The fraction of sp³-hybridized carbons (Fsp3) is 0.556. The molecule has 2 aromatic rings.